The molecule has 0 radical (unpaired) electrons. The Bertz CT molecular complexity index is 712. The summed E-state index contributed by atoms with van der Waals surface area (Å²) in [5.74, 6) is 1.42. The molecule has 3 aliphatic rings. The summed E-state index contributed by atoms with van der Waals surface area (Å²) in [6.45, 7) is 20.6. The quantitative estimate of drug-likeness (QED) is 0.410. The van der Waals surface area contributed by atoms with E-state index in [0.29, 0.717) is 23.2 Å². The fourth-order valence-corrected chi connectivity index (χ4v) is 8.45. The summed E-state index contributed by atoms with van der Waals surface area (Å²) in [6, 6.07) is 0. The molecule has 0 aromatic rings. The lowest BCUT2D eigenvalue weighted by Gasteiger charge is -2.61. The van der Waals surface area contributed by atoms with E-state index in [1.54, 1.807) is 0 Å². The molecule has 0 aliphatic heterocycles. The highest BCUT2D eigenvalue weighted by Crippen LogP contribution is 2.63. The maximum atomic E-state index is 11.4. The van der Waals surface area contributed by atoms with Crippen LogP contribution in [0.3, 0.4) is 0 Å². The maximum absolute atomic E-state index is 11.4. The zero-order chi connectivity index (χ0) is 23.9. The van der Waals surface area contributed by atoms with Crippen LogP contribution in [0.2, 0.25) is 0 Å². The standard InChI is InChI=1S/C30H52O2/c1-21-13-10-16-27(3,4)23(21)20-24(31)22(2)12-9-14-26-29(7)18-11-17-28(5,6)25(29)15-19-30(26,8)32/h12,23-26,31-32H,1,9-11,13-20H2,2-8H3/b22-12+/t23-,24+,25+,26-,29+,30-/m1/s1. The van der Waals surface area contributed by atoms with Gasteiger partial charge in [-0.2, -0.15) is 0 Å². The third-order valence-corrected chi connectivity index (χ3v) is 10.4. The summed E-state index contributed by atoms with van der Waals surface area (Å²) in [5.41, 5.74) is 2.66. The first kappa shape index (κ1) is 26.0. The molecule has 0 heterocycles. The van der Waals surface area contributed by atoms with Crippen molar-refractivity contribution in [3.05, 3.63) is 23.8 Å². The topological polar surface area (TPSA) is 40.5 Å². The van der Waals surface area contributed by atoms with Crippen LogP contribution in [-0.4, -0.2) is 21.9 Å². The zero-order valence-electron chi connectivity index (χ0n) is 22.3. The van der Waals surface area contributed by atoms with Gasteiger partial charge in [0.15, 0.2) is 0 Å². The normalized spacial score (nSPS) is 40.6. The molecule has 6 atom stereocenters. The van der Waals surface area contributed by atoms with Crippen molar-refractivity contribution in [3.8, 4) is 0 Å². The van der Waals surface area contributed by atoms with Crippen molar-refractivity contribution in [2.45, 2.75) is 131 Å². The van der Waals surface area contributed by atoms with Gasteiger partial charge in [-0.05, 0) is 118 Å². The second-order valence-electron chi connectivity index (χ2n) is 13.7. The molecular weight excluding hydrogens is 392 g/mol. The predicted octanol–water partition coefficient (Wildman–Crippen LogP) is 7.84. The van der Waals surface area contributed by atoms with Crippen molar-refractivity contribution in [1.82, 2.24) is 0 Å². The van der Waals surface area contributed by atoms with Crippen molar-refractivity contribution in [2.75, 3.05) is 0 Å². The Labute approximate surface area is 199 Å². The molecule has 0 spiro atoms. The molecule has 3 saturated carbocycles. The summed E-state index contributed by atoms with van der Waals surface area (Å²) in [6.07, 6.45) is 14.1. The highest BCUT2D eigenvalue weighted by atomic mass is 16.3. The molecule has 2 nitrogen and oxygen atoms in total. The van der Waals surface area contributed by atoms with Crippen LogP contribution >= 0.6 is 0 Å². The zero-order valence-corrected chi connectivity index (χ0v) is 22.3. The molecule has 32 heavy (non-hydrogen) atoms. The van der Waals surface area contributed by atoms with Crippen LogP contribution in [0.25, 0.3) is 0 Å². The molecule has 3 aliphatic carbocycles. The van der Waals surface area contributed by atoms with E-state index >= 15 is 0 Å². The second-order valence-corrected chi connectivity index (χ2v) is 13.7. The lowest BCUT2D eigenvalue weighted by atomic mass is 9.45. The molecule has 0 bridgehead atoms. The number of allylic oxidation sites excluding steroid dienone is 2. The molecular formula is C30H52O2. The lowest BCUT2D eigenvalue weighted by Crippen LogP contribution is -2.57. The van der Waals surface area contributed by atoms with Crippen molar-refractivity contribution in [2.24, 2.45) is 34.0 Å². The minimum atomic E-state index is -0.580. The van der Waals surface area contributed by atoms with E-state index in [0.717, 1.165) is 44.1 Å². The highest BCUT2D eigenvalue weighted by molar-refractivity contribution is 5.14. The van der Waals surface area contributed by atoms with Gasteiger partial charge in [0.2, 0.25) is 0 Å². The van der Waals surface area contributed by atoms with Crippen LogP contribution in [-0.2, 0) is 0 Å². The van der Waals surface area contributed by atoms with E-state index < -0.39 is 11.7 Å². The summed E-state index contributed by atoms with van der Waals surface area (Å²) in [4.78, 5) is 0. The third-order valence-electron chi connectivity index (χ3n) is 10.4. The van der Waals surface area contributed by atoms with Crippen molar-refractivity contribution in [3.63, 3.8) is 0 Å². The second kappa shape index (κ2) is 9.21. The van der Waals surface area contributed by atoms with Gasteiger partial charge in [-0.3, -0.25) is 0 Å². The Hall–Kier alpha value is -0.600. The lowest BCUT2D eigenvalue weighted by molar-refractivity contribution is -0.168. The number of hydrogen-bond acceptors (Lipinski definition) is 2. The minimum Gasteiger partial charge on any atom is -0.390 e. The van der Waals surface area contributed by atoms with Crippen LogP contribution in [0.15, 0.2) is 23.8 Å². The minimum absolute atomic E-state index is 0.216. The number of hydrogen-bond donors (Lipinski definition) is 2. The number of aliphatic hydroxyl groups is 2. The Balaban J connectivity index is 1.67. The van der Waals surface area contributed by atoms with Crippen LogP contribution in [0.1, 0.15) is 119 Å². The van der Waals surface area contributed by atoms with Crippen molar-refractivity contribution < 1.29 is 10.2 Å². The van der Waals surface area contributed by atoms with Gasteiger partial charge >= 0.3 is 0 Å². The van der Waals surface area contributed by atoms with Crippen LogP contribution in [0, 0.1) is 34.0 Å². The summed E-state index contributed by atoms with van der Waals surface area (Å²) >= 11 is 0. The summed E-state index contributed by atoms with van der Waals surface area (Å²) < 4.78 is 0. The largest absolute Gasteiger partial charge is 0.390 e. The van der Waals surface area contributed by atoms with Gasteiger partial charge in [0, 0.05) is 0 Å². The van der Waals surface area contributed by atoms with E-state index in [1.807, 2.05) is 0 Å². The van der Waals surface area contributed by atoms with Crippen molar-refractivity contribution >= 4 is 0 Å². The number of fused-ring (bicyclic) bond motifs is 1. The van der Waals surface area contributed by atoms with Gasteiger partial charge in [-0.15, -0.1) is 0 Å². The average molecular weight is 445 g/mol. The van der Waals surface area contributed by atoms with Gasteiger partial charge < -0.3 is 10.2 Å². The SMILES string of the molecule is C=C1CCCC(C)(C)[C@@H]1C[C@H](O)/C(C)=C/CC[C@@H]1[C@@]2(C)CCCC(C)(C)[C@@H]2CC[C@@]1(C)O. The molecule has 184 valence electrons. The Kier molecular flexibility index (Phi) is 7.49. The van der Waals surface area contributed by atoms with Crippen LogP contribution in [0.4, 0.5) is 0 Å². The molecule has 0 saturated heterocycles. The first-order valence-corrected chi connectivity index (χ1v) is 13.5. The van der Waals surface area contributed by atoms with Crippen LogP contribution < -0.4 is 0 Å². The maximum Gasteiger partial charge on any atom is 0.0753 e. The van der Waals surface area contributed by atoms with Crippen LogP contribution in [0.5, 0.6) is 0 Å². The average Bonchev–Trinajstić information content (AvgIpc) is 2.65. The number of rotatable bonds is 6. The van der Waals surface area contributed by atoms with Crippen molar-refractivity contribution in [1.29, 1.82) is 0 Å². The Morgan fingerprint density at radius 2 is 1.69 bits per heavy atom. The first-order valence-electron chi connectivity index (χ1n) is 13.5. The molecule has 0 amide bonds. The summed E-state index contributed by atoms with van der Waals surface area (Å²) in [5, 5.41) is 22.4. The fourth-order valence-electron chi connectivity index (χ4n) is 8.45. The van der Waals surface area contributed by atoms with Gasteiger partial charge in [-0.1, -0.05) is 59.3 Å². The van der Waals surface area contributed by atoms with E-state index in [9.17, 15) is 10.2 Å². The molecule has 3 fully saturated rings. The van der Waals surface area contributed by atoms with E-state index in [4.69, 9.17) is 0 Å². The fraction of sp³-hybridized carbons (Fsp3) is 0.867. The monoisotopic (exact) mass is 444 g/mol. The van der Waals surface area contributed by atoms with E-state index in [-0.39, 0.29) is 10.8 Å². The van der Waals surface area contributed by atoms with Gasteiger partial charge in [-0.25, -0.2) is 0 Å². The molecule has 2 heteroatoms. The smallest absolute Gasteiger partial charge is 0.0753 e. The Morgan fingerprint density at radius 1 is 1.03 bits per heavy atom. The third kappa shape index (κ3) is 5.07. The highest BCUT2D eigenvalue weighted by Gasteiger charge is 2.57. The molecule has 0 aromatic heterocycles. The first-order chi connectivity index (χ1) is 14.7. The molecule has 3 rings (SSSR count). The summed E-state index contributed by atoms with van der Waals surface area (Å²) in [7, 11) is 0. The van der Waals surface area contributed by atoms with Gasteiger partial charge in [0.05, 0.1) is 11.7 Å². The van der Waals surface area contributed by atoms with Gasteiger partial charge in [0.1, 0.15) is 0 Å². The van der Waals surface area contributed by atoms with E-state index in [2.05, 4.69) is 61.1 Å². The Morgan fingerprint density at radius 3 is 2.34 bits per heavy atom. The van der Waals surface area contributed by atoms with E-state index in [1.165, 1.54) is 37.7 Å². The predicted molar refractivity (Wildman–Crippen MR) is 136 cm³/mol. The molecule has 0 aromatic carbocycles. The number of aliphatic hydroxyl groups excluding tert-OH is 1. The molecule has 0 unspecified atom stereocenters. The van der Waals surface area contributed by atoms with Gasteiger partial charge in [0.25, 0.3) is 0 Å². The molecule has 2 N–H and O–H groups in total.